The normalized spacial score (nSPS) is 16.4. The summed E-state index contributed by atoms with van der Waals surface area (Å²) < 4.78 is 21.7. The molecule has 2 aliphatic heterocycles. The van der Waals surface area contributed by atoms with Crippen molar-refractivity contribution in [1.29, 1.82) is 10.5 Å². The van der Waals surface area contributed by atoms with Gasteiger partial charge in [0.1, 0.15) is 40.9 Å². The number of anilines is 1. The van der Waals surface area contributed by atoms with Gasteiger partial charge in [0.25, 0.3) is 0 Å². The minimum absolute atomic E-state index is 0.0308. The molecule has 0 radical (unpaired) electrons. The van der Waals surface area contributed by atoms with E-state index < -0.39 is 0 Å². The number of nitrogens with two attached hydrogens (primary N) is 1. The molecule has 1 aromatic heterocycles. The fourth-order valence-electron chi connectivity index (χ4n) is 2.94. The lowest BCUT2D eigenvalue weighted by atomic mass is 9.96. The Morgan fingerprint density at radius 3 is 2.25 bits per heavy atom. The van der Waals surface area contributed by atoms with Crippen LogP contribution in [0, 0.1) is 28.6 Å². The maximum absolute atomic E-state index is 9.74. The molecule has 4 rings (SSSR count). The molecule has 0 amide bonds. The monoisotopic (exact) mass is 378 g/mol. The number of rotatable bonds is 6. The number of nitrogen functional groups attached to an aromatic ring is 1. The van der Waals surface area contributed by atoms with Gasteiger partial charge in [-0.3, -0.25) is 0 Å². The SMILES string of the molecule is N#Cc1c(N)nc(OCC2COC2)c(C#N)c1-c1ccc(OC2COC2)cc1. The van der Waals surface area contributed by atoms with Crippen molar-refractivity contribution in [2.45, 2.75) is 6.10 Å². The molecule has 0 saturated carbocycles. The van der Waals surface area contributed by atoms with Crippen molar-refractivity contribution >= 4 is 5.82 Å². The predicted molar refractivity (Wildman–Crippen MR) is 98.6 cm³/mol. The lowest BCUT2D eigenvalue weighted by molar-refractivity contribution is -0.0796. The molecule has 8 heteroatoms. The van der Waals surface area contributed by atoms with Gasteiger partial charge in [-0.25, -0.2) is 0 Å². The fourth-order valence-corrected chi connectivity index (χ4v) is 2.94. The van der Waals surface area contributed by atoms with Gasteiger partial charge >= 0.3 is 0 Å². The van der Waals surface area contributed by atoms with E-state index in [0.717, 1.165) is 0 Å². The summed E-state index contributed by atoms with van der Waals surface area (Å²) >= 11 is 0. The van der Waals surface area contributed by atoms with Gasteiger partial charge < -0.3 is 24.7 Å². The van der Waals surface area contributed by atoms with Crippen LogP contribution in [0.15, 0.2) is 24.3 Å². The molecule has 2 fully saturated rings. The third kappa shape index (κ3) is 3.44. The molecule has 2 aliphatic rings. The average molecular weight is 378 g/mol. The van der Waals surface area contributed by atoms with Crippen LogP contribution in [0.3, 0.4) is 0 Å². The van der Waals surface area contributed by atoms with Crippen molar-refractivity contribution in [3.05, 3.63) is 35.4 Å². The van der Waals surface area contributed by atoms with Crippen LogP contribution >= 0.6 is 0 Å². The minimum Gasteiger partial charge on any atom is -0.486 e. The van der Waals surface area contributed by atoms with Crippen LogP contribution in [0.1, 0.15) is 11.1 Å². The van der Waals surface area contributed by atoms with E-state index in [1.54, 1.807) is 24.3 Å². The number of nitriles is 2. The van der Waals surface area contributed by atoms with Gasteiger partial charge in [-0.05, 0) is 17.7 Å². The minimum atomic E-state index is 0.0308. The van der Waals surface area contributed by atoms with Crippen molar-refractivity contribution in [2.24, 2.45) is 5.92 Å². The highest BCUT2D eigenvalue weighted by Gasteiger charge is 2.25. The van der Waals surface area contributed by atoms with Crippen LogP contribution < -0.4 is 15.2 Å². The van der Waals surface area contributed by atoms with E-state index in [-0.39, 0.29) is 34.8 Å². The van der Waals surface area contributed by atoms with E-state index in [1.807, 2.05) is 0 Å². The quantitative estimate of drug-likeness (QED) is 0.808. The Morgan fingerprint density at radius 2 is 1.71 bits per heavy atom. The molecular weight excluding hydrogens is 360 g/mol. The Kier molecular flexibility index (Phi) is 4.98. The topological polar surface area (TPSA) is 123 Å². The summed E-state index contributed by atoms with van der Waals surface area (Å²) in [7, 11) is 0. The van der Waals surface area contributed by atoms with Crippen LogP contribution in [0.5, 0.6) is 11.6 Å². The zero-order chi connectivity index (χ0) is 19.5. The molecule has 0 spiro atoms. The zero-order valence-corrected chi connectivity index (χ0v) is 15.1. The van der Waals surface area contributed by atoms with E-state index in [9.17, 15) is 10.5 Å². The highest BCUT2D eigenvalue weighted by molar-refractivity contribution is 5.82. The molecule has 2 aromatic rings. The van der Waals surface area contributed by atoms with E-state index in [0.29, 0.717) is 49.9 Å². The molecule has 2 saturated heterocycles. The largest absolute Gasteiger partial charge is 0.486 e. The number of pyridine rings is 1. The van der Waals surface area contributed by atoms with Gasteiger partial charge in [-0.1, -0.05) is 12.1 Å². The first-order chi connectivity index (χ1) is 13.7. The zero-order valence-electron chi connectivity index (χ0n) is 15.1. The number of nitrogens with zero attached hydrogens (tertiary/aromatic N) is 3. The summed E-state index contributed by atoms with van der Waals surface area (Å²) in [5.41, 5.74) is 7.39. The molecular formula is C20H18N4O4. The lowest BCUT2D eigenvalue weighted by Gasteiger charge is -2.26. The van der Waals surface area contributed by atoms with Crippen molar-refractivity contribution in [1.82, 2.24) is 4.98 Å². The van der Waals surface area contributed by atoms with Crippen molar-refractivity contribution in [2.75, 3.05) is 38.8 Å². The lowest BCUT2D eigenvalue weighted by Crippen LogP contribution is -2.38. The second-order valence-corrected chi connectivity index (χ2v) is 6.67. The molecule has 0 aliphatic carbocycles. The Hall–Kier alpha value is -3.33. The summed E-state index contributed by atoms with van der Waals surface area (Å²) in [5.74, 6) is 1.12. The Labute approximate surface area is 162 Å². The average Bonchev–Trinajstić information content (AvgIpc) is 2.63. The van der Waals surface area contributed by atoms with E-state index in [2.05, 4.69) is 17.1 Å². The molecule has 0 bridgehead atoms. The van der Waals surface area contributed by atoms with Gasteiger partial charge in [-0.15, -0.1) is 0 Å². The molecule has 8 nitrogen and oxygen atoms in total. The van der Waals surface area contributed by atoms with Crippen molar-refractivity contribution in [3.63, 3.8) is 0 Å². The van der Waals surface area contributed by atoms with Crippen molar-refractivity contribution < 1.29 is 18.9 Å². The molecule has 2 N–H and O–H groups in total. The molecule has 1 aromatic carbocycles. The third-order valence-corrected chi connectivity index (χ3v) is 4.63. The van der Waals surface area contributed by atoms with Crippen LogP contribution in [0.2, 0.25) is 0 Å². The number of benzene rings is 1. The highest BCUT2D eigenvalue weighted by Crippen LogP contribution is 2.36. The number of aromatic nitrogens is 1. The fraction of sp³-hybridized carbons (Fsp3) is 0.350. The van der Waals surface area contributed by atoms with Crippen molar-refractivity contribution in [3.8, 4) is 34.9 Å². The maximum Gasteiger partial charge on any atom is 0.234 e. The number of ether oxygens (including phenoxy) is 4. The molecule has 0 unspecified atom stereocenters. The van der Waals surface area contributed by atoms with Gasteiger partial charge in [0, 0.05) is 11.5 Å². The first kappa shape index (κ1) is 18.1. The summed E-state index contributed by atoms with van der Waals surface area (Å²) in [6, 6.07) is 11.3. The molecule has 28 heavy (non-hydrogen) atoms. The Balaban J connectivity index is 1.68. The first-order valence-electron chi connectivity index (χ1n) is 8.88. The second-order valence-electron chi connectivity index (χ2n) is 6.67. The summed E-state index contributed by atoms with van der Waals surface area (Å²) in [5, 5.41) is 19.3. The third-order valence-electron chi connectivity index (χ3n) is 4.63. The van der Waals surface area contributed by atoms with E-state index in [1.165, 1.54) is 0 Å². The summed E-state index contributed by atoms with van der Waals surface area (Å²) in [6.07, 6.45) is 0.0576. The highest BCUT2D eigenvalue weighted by atomic mass is 16.6. The van der Waals surface area contributed by atoms with Crippen LogP contribution in [-0.4, -0.2) is 44.1 Å². The smallest absolute Gasteiger partial charge is 0.234 e. The standard InChI is InChI=1S/C20H18N4O4/c21-5-16-18(13-1-3-14(4-2-13)28-15-10-26-11-15)17(6-22)20(24-19(16)23)27-9-12-7-25-8-12/h1-4,12,15H,7-11H2,(H2,23,24). The van der Waals surface area contributed by atoms with Gasteiger partial charge in [0.2, 0.25) is 5.88 Å². The second kappa shape index (κ2) is 7.73. The van der Waals surface area contributed by atoms with Gasteiger partial charge in [0.05, 0.1) is 33.0 Å². The molecule has 3 heterocycles. The van der Waals surface area contributed by atoms with Crippen LogP contribution in [0.4, 0.5) is 5.82 Å². The Morgan fingerprint density at radius 1 is 1.04 bits per heavy atom. The predicted octanol–water partition coefficient (Wildman–Crippen LogP) is 1.88. The molecule has 0 atom stereocenters. The first-order valence-corrected chi connectivity index (χ1v) is 8.88. The van der Waals surface area contributed by atoms with E-state index >= 15 is 0 Å². The maximum atomic E-state index is 9.74. The van der Waals surface area contributed by atoms with Gasteiger partial charge in [0.15, 0.2) is 0 Å². The molecule has 142 valence electrons. The Bertz CT molecular complexity index is 954. The summed E-state index contributed by atoms with van der Waals surface area (Å²) in [4.78, 5) is 4.14. The van der Waals surface area contributed by atoms with Gasteiger partial charge in [-0.2, -0.15) is 15.5 Å². The van der Waals surface area contributed by atoms with E-state index in [4.69, 9.17) is 24.7 Å². The van der Waals surface area contributed by atoms with Crippen LogP contribution in [0.25, 0.3) is 11.1 Å². The van der Waals surface area contributed by atoms with Crippen LogP contribution in [-0.2, 0) is 9.47 Å². The number of hydrogen-bond donors (Lipinski definition) is 1. The summed E-state index contributed by atoms with van der Waals surface area (Å²) in [6.45, 7) is 2.77. The number of hydrogen-bond acceptors (Lipinski definition) is 8.